The first-order valence-electron chi connectivity index (χ1n) is 4.93. The number of aliphatic hydroxyl groups excluding tert-OH is 1. The van der Waals surface area contributed by atoms with Gasteiger partial charge in [-0.15, -0.1) is 0 Å². The molecule has 0 unspecified atom stereocenters. The summed E-state index contributed by atoms with van der Waals surface area (Å²) in [7, 11) is 2.59. The molecule has 6 nitrogen and oxygen atoms in total. The van der Waals surface area contributed by atoms with Gasteiger partial charge >= 0.3 is 0 Å². The highest BCUT2D eigenvalue weighted by Gasteiger charge is 2.06. The number of pyridine rings is 1. The summed E-state index contributed by atoms with van der Waals surface area (Å²) in [4.78, 5) is 15.3. The molecule has 2 aromatic rings. The van der Waals surface area contributed by atoms with Gasteiger partial charge in [-0.05, 0) is 12.1 Å². The van der Waals surface area contributed by atoms with Crippen molar-refractivity contribution in [3.63, 3.8) is 0 Å². The van der Waals surface area contributed by atoms with Gasteiger partial charge in [-0.1, -0.05) is 0 Å². The van der Waals surface area contributed by atoms with Crippen molar-refractivity contribution < 1.29 is 9.90 Å². The molecule has 2 aromatic heterocycles. The normalized spacial score (nSPS) is 9.12. The predicted molar refractivity (Wildman–Crippen MR) is 62.9 cm³/mol. The molecule has 0 aliphatic rings. The molecule has 90 valence electrons. The molecule has 1 amide bonds. The van der Waals surface area contributed by atoms with Crippen LogP contribution in [-0.4, -0.2) is 39.9 Å². The van der Waals surface area contributed by atoms with Crippen LogP contribution in [-0.2, 0) is 0 Å². The van der Waals surface area contributed by atoms with Crippen molar-refractivity contribution in [1.29, 1.82) is 0 Å². The largest absolute Gasteiger partial charge is 0.400 e. The number of rotatable bonds is 2. The Morgan fingerprint density at radius 3 is 2.76 bits per heavy atom. The number of carbonyl (C=O) groups excluding carboxylic acids is 1. The van der Waals surface area contributed by atoms with Crippen molar-refractivity contribution in [2.24, 2.45) is 0 Å². The van der Waals surface area contributed by atoms with Crippen molar-refractivity contribution in [1.82, 2.24) is 20.1 Å². The predicted octanol–water partition coefficient (Wildman–Crippen LogP) is 0.235. The monoisotopic (exact) mass is 234 g/mol. The minimum absolute atomic E-state index is 0.148. The van der Waals surface area contributed by atoms with Crippen LogP contribution in [0.15, 0.2) is 36.9 Å². The zero-order valence-corrected chi connectivity index (χ0v) is 9.66. The molecule has 17 heavy (non-hydrogen) atoms. The lowest BCUT2D eigenvalue weighted by Crippen LogP contribution is -2.16. The molecule has 2 heterocycles. The Morgan fingerprint density at radius 2 is 2.18 bits per heavy atom. The lowest BCUT2D eigenvalue weighted by molar-refractivity contribution is 0.0963. The van der Waals surface area contributed by atoms with Gasteiger partial charge < -0.3 is 10.4 Å². The molecule has 0 spiro atoms. The smallest absolute Gasteiger partial charge is 0.254 e. The van der Waals surface area contributed by atoms with E-state index in [0.29, 0.717) is 5.56 Å². The number of nitrogens with zero attached hydrogens (tertiary/aromatic N) is 3. The minimum Gasteiger partial charge on any atom is -0.400 e. The highest BCUT2D eigenvalue weighted by molar-refractivity contribution is 5.93. The SMILES string of the molecule is CNC(=O)c1cnn(-c2cccnc2)c1.CO. The van der Waals surface area contributed by atoms with Gasteiger partial charge in [0.1, 0.15) is 0 Å². The van der Waals surface area contributed by atoms with E-state index in [4.69, 9.17) is 5.11 Å². The molecular weight excluding hydrogens is 220 g/mol. The highest BCUT2D eigenvalue weighted by atomic mass is 16.2. The molecule has 2 N–H and O–H groups in total. The van der Waals surface area contributed by atoms with E-state index < -0.39 is 0 Å². The van der Waals surface area contributed by atoms with Gasteiger partial charge in [0.2, 0.25) is 0 Å². The molecule has 2 rings (SSSR count). The maximum Gasteiger partial charge on any atom is 0.254 e. The summed E-state index contributed by atoms with van der Waals surface area (Å²) >= 11 is 0. The van der Waals surface area contributed by atoms with E-state index in [9.17, 15) is 4.79 Å². The third kappa shape index (κ3) is 3.12. The Kier molecular flexibility index (Phi) is 4.83. The maximum absolute atomic E-state index is 11.3. The number of amides is 1. The van der Waals surface area contributed by atoms with Gasteiger partial charge in [0.25, 0.3) is 5.91 Å². The van der Waals surface area contributed by atoms with Gasteiger partial charge in [0.05, 0.1) is 23.6 Å². The lowest BCUT2D eigenvalue weighted by Gasteiger charge is -1.98. The molecule has 0 aromatic carbocycles. The number of carbonyl (C=O) groups is 1. The van der Waals surface area contributed by atoms with Crippen LogP contribution in [0.5, 0.6) is 0 Å². The van der Waals surface area contributed by atoms with E-state index in [1.165, 1.54) is 6.20 Å². The lowest BCUT2D eigenvalue weighted by atomic mass is 10.3. The Hall–Kier alpha value is -2.21. The average Bonchev–Trinajstić information content (AvgIpc) is 2.91. The number of nitrogens with one attached hydrogen (secondary N) is 1. The Labute approximate surface area is 98.9 Å². The number of aliphatic hydroxyl groups is 1. The van der Waals surface area contributed by atoms with Gasteiger partial charge in [-0.2, -0.15) is 5.10 Å². The fourth-order valence-electron chi connectivity index (χ4n) is 1.21. The molecule has 0 aliphatic carbocycles. The molecule has 0 saturated carbocycles. The standard InChI is InChI=1S/C10H10N4O.CH4O/c1-11-10(15)8-5-13-14(7-8)9-3-2-4-12-6-9;1-2/h2-7H,1H3,(H,11,15);2H,1H3. The summed E-state index contributed by atoms with van der Waals surface area (Å²) in [6, 6.07) is 3.68. The van der Waals surface area contributed by atoms with Crippen LogP contribution < -0.4 is 5.32 Å². The van der Waals surface area contributed by atoms with Crippen molar-refractivity contribution in [2.75, 3.05) is 14.2 Å². The molecule has 0 radical (unpaired) electrons. The molecule has 0 fully saturated rings. The van der Waals surface area contributed by atoms with Crippen molar-refractivity contribution in [2.45, 2.75) is 0 Å². The van der Waals surface area contributed by atoms with E-state index in [-0.39, 0.29) is 5.91 Å². The third-order valence-corrected chi connectivity index (χ3v) is 1.98. The van der Waals surface area contributed by atoms with Crippen LogP contribution in [0.4, 0.5) is 0 Å². The van der Waals surface area contributed by atoms with Crippen molar-refractivity contribution in [3.8, 4) is 5.69 Å². The van der Waals surface area contributed by atoms with Crippen LogP contribution in [0.1, 0.15) is 10.4 Å². The first kappa shape index (κ1) is 12.9. The van der Waals surface area contributed by atoms with Crippen molar-refractivity contribution in [3.05, 3.63) is 42.5 Å². The van der Waals surface area contributed by atoms with E-state index in [0.717, 1.165) is 12.8 Å². The summed E-state index contributed by atoms with van der Waals surface area (Å²) in [5.74, 6) is -0.148. The second-order valence-corrected chi connectivity index (χ2v) is 2.96. The fourth-order valence-corrected chi connectivity index (χ4v) is 1.21. The van der Waals surface area contributed by atoms with E-state index >= 15 is 0 Å². The summed E-state index contributed by atoms with van der Waals surface area (Å²) in [5, 5.41) is 13.6. The quantitative estimate of drug-likeness (QED) is 0.779. The Morgan fingerprint density at radius 1 is 1.41 bits per heavy atom. The first-order valence-corrected chi connectivity index (χ1v) is 4.93. The molecule has 0 aliphatic heterocycles. The second kappa shape index (κ2) is 6.39. The fraction of sp³-hybridized carbons (Fsp3) is 0.182. The average molecular weight is 234 g/mol. The molecule has 0 atom stereocenters. The Balaban J connectivity index is 0.000000686. The summed E-state index contributed by atoms with van der Waals surface area (Å²) in [6.45, 7) is 0. The zero-order valence-electron chi connectivity index (χ0n) is 9.66. The second-order valence-electron chi connectivity index (χ2n) is 2.96. The highest BCUT2D eigenvalue weighted by Crippen LogP contribution is 2.05. The molecule has 6 heteroatoms. The number of hydrogen-bond acceptors (Lipinski definition) is 4. The van der Waals surface area contributed by atoms with Gasteiger partial charge in [0, 0.05) is 26.6 Å². The maximum atomic E-state index is 11.3. The third-order valence-electron chi connectivity index (χ3n) is 1.98. The topological polar surface area (TPSA) is 80.0 Å². The van der Waals surface area contributed by atoms with Gasteiger partial charge in [-0.25, -0.2) is 4.68 Å². The van der Waals surface area contributed by atoms with Crippen LogP contribution in [0.3, 0.4) is 0 Å². The van der Waals surface area contributed by atoms with Gasteiger partial charge in [-0.3, -0.25) is 9.78 Å². The number of hydrogen-bond donors (Lipinski definition) is 2. The molecule has 0 saturated heterocycles. The van der Waals surface area contributed by atoms with E-state index in [2.05, 4.69) is 15.4 Å². The summed E-state index contributed by atoms with van der Waals surface area (Å²) < 4.78 is 1.61. The van der Waals surface area contributed by atoms with Crippen LogP contribution >= 0.6 is 0 Å². The molecule has 0 bridgehead atoms. The first-order chi connectivity index (χ1) is 8.31. The summed E-state index contributed by atoms with van der Waals surface area (Å²) in [6.07, 6.45) is 6.55. The van der Waals surface area contributed by atoms with Crippen LogP contribution in [0.25, 0.3) is 5.69 Å². The summed E-state index contributed by atoms with van der Waals surface area (Å²) in [5.41, 5.74) is 1.36. The van der Waals surface area contributed by atoms with Crippen molar-refractivity contribution >= 4 is 5.91 Å². The van der Waals surface area contributed by atoms with E-state index in [1.54, 1.807) is 30.3 Å². The van der Waals surface area contributed by atoms with Crippen LogP contribution in [0, 0.1) is 0 Å². The van der Waals surface area contributed by atoms with Gasteiger partial charge in [0.15, 0.2) is 0 Å². The Bertz CT molecular complexity index is 467. The molecular formula is C11H14N4O2. The van der Waals surface area contributed by atoms with E-state index in [1.807, 2.05) is 12.1 Å². The number of aromatic nitrogens is 3. The van der Waals surface area contributed by atoms with Crippen LogP contribution in [0.2, 0.25) is 0 Å². The minimum atomic E-state index is -0.148. The zero-order chi connectivity index (χ0) is 12.7.